The molecule has 2 atom stereocenters. The standard InChI is InChI=1S/C20H17FN6OS2/c21-15-8-22-18(23-9-15)27-10-14-11-29-19(25-17(28)13-4-2-1-3-5-13)26-20(14,12-27)16-6-7-24-30-16/h1-9,14H,10-12H2,(H,25,26,28)/t14-,20?/m0/s1. The average Bonchev–Trinajstić information content (AvgIpc) is 3.43. The topological polar surface area (TPSA) is 83.4 Å². The summed E-state index contributed by atoms with van der Waals surface area (Å²) in [4.78, 5) is 29.0. The molecule has 1 unspecified atom stereocenters. The van der Waals surface area contributed by atoms with Crippen LogP contribution in [0, 0.1) is 11.7 Å². The third-order valence-corrected chi connectivity index (χ3v) is 7.23. The first-order valence-electron chi connectivity index (χ1n) is 9.37. The van der Waals surface area contributed by atoms with Gasteiger partial charge in [0.25, 0.3) is 5.91 Å². The molecule has 0 radical (unpaired) electrons. The van der Waals surface area contributed by atoms with Crippen LogP contribution < -0.4 is 10.2 Å². The summed E-state index contributed by atoms with van der Waals surface area (Å²) in [6.07, 6.45) is 4.11. The fraction of sp³-hybridized carbons (Fsp3) is 0.250. The van der Waals surface area contributed by atoms with Crippen LogP contribution in [-0.2, 0) is 5.54 Å². The highest BCUT2D eigenvalue weighted by atomic mass is 32.2. The number of aliphatic imine (C=N–C) groups is 1. The van der Waals surface area contributed by atoms with Crippen molar-refractivity contribution in [1.29, 1.82) is 0 Å². The lowest BCUT2D eigenvalue weighted by atomic mass is 9.87. The first kappa shape index (κ1) is 19.1. The zero-order valence-electron chi connectivity index (χ0n) is 15.7. The van der Waals surface area contributed by atoms with Crippen molar-refractivity contribution < 1.29 is 9.18 Å². The largest absolute Gasteiger partial charge is 0.338 e. The average molecular weight is 441 g/mol. The van der Waals surface area contributed by atoms with Gasteiger partial charge in [-0.2, -0.15) is 0 Å². The third-order valence-electron chi connectivity index (χ3n) is 5.28. The fourth-order valence-corrected chi connectivity index (χ4v) is 5.75. The summed E-state index contributed by atoms with van der Waals surface area (Å²) in [6, 6.07) is 11.1. The van der Waals surface area contributed by atoms with Crippen molar-refractivity contribution in [3.8, 4) is 0 Å². The van der Waals surface area contributed by atoms with E-state index in [4.69, 9.17) is 4.99 Å². The van der Waals surface area contributed by atoms with E-state index in [9.17, 15) is 9.18 Å². The molecule has 1 aromatic carbocycles. The number of nitrogens with one attached hydrogen (secondary N) is 1. The number of anilines is 1. The molecular formula is C20H17FN6OS2. The van der Waals surface area contributed by atoms with Gasteiger partial charge in [-0.15, -0.1) is 0 Å². The van der Waals surface area contributed by atoms with E-state index in [0.717, 1.165) is 10.6 Å². The summed E-state index contributed by atoms with van der Waals surface area (Å²) in [5.74, 6) is 0.797. The highest BCUT2D eigenvalue weighted by Crippen LogP contribution is 2.47. The van der Waals surface area contributed by atoms with Crippen molar-refractivity contribution in [2.45, 2.75) is 5.54 Å². The van der Waals surface area contributed by atoms with Gasteiger partial charge < -0.3 is 10.2 Å². The third kappa shape index (κ3) is 3.46. The maximum absolute atomic E-state index is 13.3. The number of amidine groups is 1. The predicted molar refractivity (Wildman–Crippen MR) is 115 cm³/mol. The van der Waals surface area contributed by atoms with Crippen LogP contribution in [0.5, 0.6) is 0 Å². The summed E-state index contributed by atoms with van der Waals surface area (Å²) in [7, 11) is 0. The number of thioether (sulfide) groups is 1. The molecule has 2 aliphatic heterocycles. The Bertz CT molecular complexity index is 1080. The Balaban J connectivity index is 1.47. The predicted octanol–water partition coefficient (Wildman–Crippen LogP) is 2.94. The van der Waals surface area contributed by atoms with E-state index in [1.807, 2.05) is 29.2 Å². The van der Waals surface area contributed by atoms with Crippen LogP contribution in [0.2, 0.25) is 0 Å². The molecule has 152 valence electrons. The number of aromatic nitrogens is 3. The fourth-order valence-electron chi connectivity index (χ4n) is 3.83. The van der Waals surface area contributed by atoms with E-state index in [2.05, 4.69) is 19.7 Å². The second-order valence-electron chi connectivity index (χ2n) is 7.13. The van der Waals surface area contributed by atoms with Gasteiger partial charge in [0.05, 0.1) is 23.8 Å². The second kappa shape index (κ2) is 7.77. The summed E-state index contributed by atoms with van der Waals surface area (Å²) in [5.41, 5.74) is 0.0336. The van der Waals surface area contributed by atoms with E-state index in [1.165, 1.54) is 35.7 Å². The molecule has 4 heterocycles. The molecule has 2 aromatic heterocycles. The molecule has 2 aliphatic rings. The van der Waals surface area contributed by atoms with Gasteiger partial charge in [0, 0.05) is 30.0 Å². The normalized spacial score (nSPS) is 23.0. The number of rotatable bonds is 3. The van der Waals surface area contributed by atoms with Gasteiger partial charge in [-0.3, -0.25) is 4.79 Å². The van der Waals surface area contributed by atoms with Gasteiger partial charge in [-0.25, -0.2) is 23.7 Å². The van der Waals surface area contributed by atoms with Gasteiger partial charge >= 0.3 is 0 Å². The SMILES string of the molecule is O=C(NC1=NC2(c3ccns3)CN(c3ncc(F)cn3)C[C@H]2CS1)c1ccccc1. The Morgan fingerprint density at radius 1 is 1.20 bits per heavy atom. The number of fused-ring (bicyclic) bond motifs is 1. The van der Waals surface area contributed by atoms with Crippen LogP contribution in [0.3, 0.4) is 0 Å². The first-order valence-corrected chi connectivity index (χ1v) is 11.1. The minimum atomic E-state index is -0.552. The molecule has 1 amide bonds. The Labute approximate surface area is 180 Å². The van der Waals surface area contributed by atoms with E-state index >= 15 is 0 Å². The maximum Gasteiger partial charge on any atom is 0.257 e. The highest BCUT2D eigenvalue weighted by molar-refractivity contribution is 8.13. The molecule has 0 spiro atoms. The van der Waals surface area contributed by atoms with E-state index in [-0.39, 0.29) is 11.8 Å². The van der Waals surface area contributed by atoms with Crippen molar-refractivity contribution in [3.63, 3.8) is 0 Å². The van der Waals surface area contributed by atoms with Crippen molar-refractivity contribution >= 4 is 40.3 Å². The Hall–Kier alpha value is -2.85. The van der Waals surface area contributed by atoms with Gasteiger partial charge in [0.1, 0.15) is 5.54 Å². The van der Waals surface area contributed by atoms with Crippen LogP contribution in [-0.4, -0.2) is 44.3 Å². The Morgan fingerprint density at radius 2 is 2.00 bits per heavy atom. The molecule has 1 N–H and O–H groups in total. The number of hydrogen-bond acceptors (Lipinski definition) is 8. The lowest BCUT2D eigenvalue weighted by Gasteiger charge is -2.33. The zero-order chi connectivity index (χ0) is 20.6. The molecule has 7 nitrogen and oxygen atoms in total. The van der Waals surface area contributed by atoms with Crippen LogP contribution in [0.1, 0.15) is 15.2 Å². The van der Waals surface area contributed by atoms with Gasteiger partial charge in [-0.05, 0) is 29.7 Å². The molecule has 10 heteroatoms. The number of carbonyl (C=O) groups excluding carboxylic acids is 1. The minimum absolute atomic E-state index is 0.184. The molecule has 1 saturated heterocycles. The van der Waals surface area contributed by atoms with Gasteiger partial charge in [0.15, 0.2) is 11.0 Å². The lowest BCUT2D eigenvalue weighted by Crippen LogP contribution is -2.42. The lowest BCUT2D eigenvalue weighted by molar-refractivity contribution is 0.0977. The van der Waals surface area contributed by atoms with Crippen molar-refractivity contribution in [3.05, 3.63) is 71.2 Å². The first-order chi connectivity index (χ1) is 14.6. The van der Waals surface area contributed by atoms with Gasteiger partial charge in [-0.1, -0.05) is 30.0 Å². The molecule has 0 aliphatic carbocycles. The minimum Gasteiger partial charge on any atom is -0.338 e. The summed E-state index contributed by atoms with van der Waals surface area (Å²) < 4.78 is 17.5. The number of amides is 1. The molecule has 0 bridgehead atoms. The second-order valence-corrected chi connectivity index (χ2v) is 8.97. The smallest absolute Gasteiger partial charge is 0.257 e. The van der Waals surface area contributed by atoms with Crippen molar-refractivity contribution in [1.82, 2.24) is 19.7 Å². The van der Waals surface area contributed by atoms with E-state index < -0.39 is 11.4 Å². The summed E-state index contributed by atoms with van der Waals surface area (Å²) in [6.45, 7) is 1.23. The number of nitrogens with zero attached hydrogens (tertiary/aromatic N) is 5. The van der Waals surface area contributed by atoms with Crippen molar-refractivity contribution in [2.75, 3.05) is 23.7 Å². The van der Waals surface area contributed by atoms with Crippen LogP contribution in [0.4, 0.5) is 10.3 Å². The van der Waals surface area contributed by atoms with Crippen LogP contribution in [0.15, 0.2) is 60.0 Å². The Morgan fingerprint density at radius 3 is 2.73 bits per heavy atom. The molecular weight excluding hydrogens is 423 g/mol. The monoisotopic (exact) mass is 440 g/mol. The van der Waals surface area contributed by atoms with E-state index in [1.54, 1.807) is 18.3 Å². The number of benzene rings is 1. The molecule has 30 heavy (non-hydrogen) atoms. The zero-order valence-corrected chi connectivity index (χ0v) is 17.4. The maximum atomic E-state index is 13.3. The highest BCUT2D eigenvalue weighted by Gasteiger charge is 2.52. The number of halogens is 1. The Kier molecular flexibility index (Phi) is 4.95. The molecule has 0 saturated carbocycles. The summed E-state index contributed by atoms with van der Waals surface area (Å²) >= 11 is 2.94. The molecule has 1 fully saturated rings. The van der Waals surface area contributed by atoms with Gasteiger partial charge in [0.2, 0.25) is 5.95 Å². The molecule has 3 aromatic rings. The van der Waals surface area contributed by atoms with Crippen LogP contribution >= 0.6 is 23.3 Å². The number of hydrogen-bond donors (Lipinski definition) is 1. The number of carbonyl (C=O) groups is 1. The molecule has 5 rings (SSSR count). The summed E-state index contributed by atoms with van der Waals surface area (Å²) in [5, 5.41) is 3.55. The van der Waals surface area contributed by atoms with E-state index in [0.29, 0.717) is 29.8 Å². The quantitative estimate of drug-likeness (QED) is 0.674. The van der Waals surface area contributed by atoms with Crippen LogP contribution in [0.25, 0.3) is 0 Å². The van der Waals surface area contributed by atoms with Crippen molar-refractivity contribution in [2.24, 2.45) is 10.9 Å².